The van der Waals surface area contributed by atoms with Gasteiger partial charge in [0.25, 0.3) is 0 Å². The Kier molecular flexibility index (Phi) is 8.48. The van der Waals surface area contributed by atoms with Crippen molar-refractivity contribution in [1.82, 2.24) is 4.98 Å². The largest absolute Gasteiger partial charge is 0.309 e. The van der Waals surface area contributed by atoms with Crippen molar-refractivity contribution in [3.8, 4) is 44.6 Å². The molecule has 10 aromatic rings. The van der Waals surface area contributed by atoms with Gasteiger partial charge in [0.2, 0.25) is 0 Å². The molecular formula is C53H36NOP. The van der Waals surface area contributed by atoms with Crippen LogP contribution >= 0.6 is 7.14 Å². The first kappa shape index (κ1) is 33.7. The summed E-state index contributed by atoms with van der Waals surface area (Å²) in [4.78, 5) is 5.41. The highest BCUT2D eigenvalue weighted by Gasteiger charge is 2.29. The molecule has 0 aliphatic rings. The lowest BCUT2D eigenvalue weighted by molar-refractivity contribution is 0.592. The Labute approximate surface area is 326 Å². The number of benzene rings is 9. The molecule has 56 heavy (non-hydrogen) atoms. The van der Waals surface area contributed by atoms with Gasteiger partial charge in [-0.15, -0.1) is 0 Å². The van der Waals surface area contributed by atoms with Gasteiger partial charge >= 0.3 is 0 Å². The van der Waals surface area contributed by atoms with Gasteiger partial charge in [0.05, 0.1) is 11.2 Å². The summed E-state index contributed by atoms with van der Waals surface area (Å²) in [6.07, 6.45) is 0. The molecule has 0 spiro atoms. The van der Waals surface area contributed by atoms with Crippen molar-refractivity contribution in [1.29, 1.82) is 0 Å². The Morgan fingerprint density at radius 1 is 0.321 bits per heavy atom. The minimum absolute atomic E-state index is 0.809. The lowest BCUT2D eigenvalue weighted by Gasteiger charge is -2.21. The van der Waals surface area contributed by atoms with E-state index >= 15 is 4.57 Å². The van der Waals surface area contributed by atoms with Crippen LogP contribution < -0.4 is 15.9 Å². The molecule has 0 saturated carbocycles. The number of rotatable bonds is 7. The maximum absolute atomic E-state index is 15.3. The average Bonchev–Trinajstić information content (AvgIpc) is 3.29. The molecule has 0 aliphatic heterocycles. The summed E-state index contributed by atoms with van der Waals surface area (Å²) in [5, 5.41) is 8.29. The molecule has 2 nitrogen and oxygen atoms in total. The van der Waals surface area contributed by atoms with E-state index in [1.165, 1.54) is 32.8 Å². The summed E-state index contributed by atoms with van der Waals surface area (Å²) in [7, 11) is -3.13. The predicted octanol–water partition coefficient (Wildman–Crippen LogP) is 12.8. The fourth-order valence-electron chi connectivity index (χ4n) is 8.13. The van der Waals surface area contributed by atoms with Crippen LogP contribution in [0.3, 0.4) is 0 Å². The van der Waals surface area contributed by atoms with Crippen LogP contribution in [0.2, 0.25) is 0 Å². The monoisotopic (exact) mass is 733 g/mol. The summed E-state index contributed by atoms with van der Waals surface area (Å²) < 4.78 is 15.3. The quantitative estimate of drug-likeness (QED) is 0.121. The fourth-order valence-corrected chi connectivity index (χ4v) is 10.8. The molecule has 0 radical (unpaired) electrons. The fraction of sp³-hybridized carbons (Fsp3) is 0. The molecule has 264 valence electrons. The van der Waals surface area contributed by atoms with Crippen LogP contribution in [-0.4, -0.2) is 4.98 Å². The minimum atomic E-state index is -3.13. The van der Waals surface area contributed by atoms with Crippen LogP contribution in [0, 0.1) is 0 Å². The zero-order valence-electron chi connectivity index (χ0n) is 30.6. The minimum Gasteiger partial charge on any atom is -0.309 e. The Balaban J connectivity index is 1.12. The van der Waals surface area contributed by atoms with E-state index in [1.54, 1.807) is 0 Å². The van der Waals surface area contributed by atoms with Crippen LogP contribution in [0.25, 0.3) is 77.1 Å². The van der Waals surface area contributed by atoms with Gasteiger partial charge in [-0.1, -0.05) is 188 Å². The Morgan fingerprint density at radius 2 is 0.821 bits per heavy atom. The molecule has 1 heterocycles. The summed E-state index contributed by atoms with van der Waals surface area (Å²) in [6, 6.07) is 75.6. The van der Waals surface area contributed by atoms with Crippen molar-refractivity contribution in [3.63, 3.8) is 0 Å². The molecule has 1 aromatic heterocycles. The molecule has 0 saturated heterocycles. The lowest BCUT2D eigenvalue weighted by atomic mass is 9.92. The van der Waals surface area contributed by atoms with Gasteiger partial charge in [-0.3, -0.25) is 0 Å². The standard InChI is InChI=1S/C53H36NOP/c55-56(45-23-6-2-7-24-45,46-25-8-3-9-26-46)47-27-14-21-42(35-47)41-20-13-22-44(34-41)53-49-31-29-38-17-10-11-28-48(38)52(49)50-36-43(30-32-51(50)54-53)40-19-12-18-39(33-40)37-15-4-1-5-16-37/h1-36H. The normalized spacial score (nSPS) is 11.6. The Bertz CT molecular complexity index is 3060. The molecule has 0 fully saturated rings. The number of pyridine rings is 1. The first-order valence-electron chi connectivity index (χ1n) is 19.0. The van der Waals surface area contributed by atoms with Crippen LogP contribution in [0.5, 0.6) is 0 Å². The summed E-state index contributed by atoms with van der Waals surface area (Å²) in [5.41, 5.74) is 9.70. The van der Waals surface area contributed by atoms with Crippen LogP contribution in [-0.2, 0) is 4.57 Å². The van der Waals surface area contributed by atoms with Crippen LogP contribution in [0.4, 0.5) is 0 Å². The number of hydrogen-bond acceptors (Lipinski definition) is 2. The topological polar surface area (TPSA) is 30.0 Å². The first-order chi connectivity index (χ1) is 27.6. The van der Waals surface area contributed by atoms with E-state index in [0.29, 0.717) is 0 Å². The van der Waals surface area contributed by atoms with Gasteiger partial charge < -0.3 is 4.57 Å². The highest BCUT2D eigenvalue weighted by molar-refractivity contribution is 7.85. The first-order valence-corrected chi connectivity index (χ1v) is 20.7. The Morgan fingerprint density at radius 3 is 1.52 bits per heavy atom. The molecule has 3 heteroatoms. The molecule has 0 amide bonds. The zero-order chi connectivity index (χ0) is 37.5. The van der Waals surface area contributed by atoms with Gasteiger partial charge in [-0.05, 0) is 74.5 Å². The van der Waals surface area contributed by atoms with E-state index in [0.717, 1.165) is 60.2 Å². The van der Waals surface area contributed by atoms with Crippen LogP contribution in [0.1, 0.15) is 0 Å². The van der Waals surface area contributed by atoms with Gasteiger partial charge in [0.1, 0.15) is 0 Å². The molecule has 10 rings (SSSR count). The van der Waals surface area contributed by atoms with Crippen molar-refractivity contribution in [3.05, 3.63) is 218 Å². The third-order valence-corrected chi connectivity index (χ3v) is 14.0. The Hall–Kier alpha value is -6.86. The van der Waals surface area contributed by atoms with Crippen LogP contribution in [0.15, 0.2) is 218 Å². The second kappa shape index (κ2) is 14.1. The summed E-state index contributed by atoms with van der Waals surface area (Å²) >= 11 is 0. The maximum atomic E-state index is 15.3. The van der Waals surface area contributed by atoms with Crippen molar-refractivity contribution >= 4 is 55.5 Å². The highest BCUT2D eigenvalue weighted by atomic mass is 31.2. The molecule has 0 bridgehead atoms. The van der Waals surface area contributed by atoms with Crippen molar-refractivity contribution < 1.29 is 4.57 Å². The second-order valence-corrected chi connectivity index (χ2v) is 17.0. The molecular weight excluding hydrogens is 698 g/mol. The van der Waals surface area contributed by atoms with E-state index < -0.39 is 7.14 Å². The zero-order valence-corrected chi connectivity index (χ0v) is 31.5. The molecule has 0 aliphatic carbocycles. The van der Waals surface area contributed by atoms with Crippen molar-refractivity contribution in [2.75, 3.05) is 0 Å². The average molecular weight is 734 g/mol. The van der Waals surface area contributed by atoms with Gasteiger partial charge in [0, 0.05) is 37.6 Å². The van der Waals surface area contributed by atoms with Crippen molar-refractivity contribution in [2.24, 2.45) is 0 Å². The lowest BCUT2D eigenvalue weighted by Crippen LogP contribution is -2.25. The van der Waals surface area contributed by atoms with Gasteiger partial charge in [0.15, 0.2) is 7.14 Å². The third kappa shape index (κ3) is 5.93. The van der Waals surface area contributed by atoms with E-state index in [9.17, 15) is 0 Å². The molecule has 0 atom stereocenters. The molecule has 0 unspecified atom stereocenters. The molecule has 9 aromatic carbocycles. The van der Waals surface area contributed by atoms with Gasteiger partial charge in [-0.25, -0.2) is 4.98 Å². The van der Waals surface area contributed by atoms with Crippen molar-refractivity contribution in [2.45, 2.75) is 0 Å². The number of nitrogens with zero attached hydrogens (tertiary/aromatic N) is 1. The van der Waals surface area contributed by atoms with E-state index in [4.69, 9.17) is 4.98 Å². The number of fused-ring (bicyclic) bond motifs is 5. The third-order valence-electron chi connectivity index (χ3n) is 10.9. The summed E-state index contributed by atoms with van der Waals surface area (Å²) in [6.45, 7) is 0. The van der Waals surface area contributed by atoms with E-state index in [1.807, 2.05) is 72.8 Å². The van der Waals surface area contributed by atoms with Gasteiger partial charge in [-0.2, -0.15) is 0 Å². The van der Waals surface area contributed by atoms with E-state index in [2.05, 4.69) is 146 Å². The molecule has 0 N–H and O–H groups in total. The SMILES string of the molecule is O=P(c1ccccc1)(c1ccccc1)c1cccc(-c2cccc(-c3nc4ccc(-c5cccc(-c6ccccc6)c5)cc4c4c3ccc3ccccc34)c2)c1. The summed E-state index contributed by atoms with van der Waals surface area (Å²) in [5.74, 6) is 0. The maximum Gasteiger partial charge on any atom is 0.171 e. The highest BCUT2D eigenvalue weighted by Crippen LogP contribution is 2.44. The number of hydrogen-bond donors (Lipinski definition) is 0. The number of aromatic nitrogens is 1. The second-order valence-electron chi connectivity index (χ2n) is 14.3. The predicted molar refractivity (Wildman–Crippen MR) is 238 cm³/mol. The van der Waals surface area contributed by atoms with E-state index in [-0.39, 0.29) is 0 Å². The smallest absolute Gasteiger partial charge is 0.171 e.